The lowest BCUT2D eigenvalue weighted by Crippen LogP contribution is -2.00. The number of Topliss-reactive ketones (excluding diaryl/α,β-unsaturated/α-hetero) is 1. The van der Waals surface area contributed by atoms with E-state index in [1.165, 1.54) is 18.2 Å². The van der Waals surface area contributed by atoms with Crippen LogP contribution < -0.4 is 0 Å². The minimum Gasteiger partial charge on any atom is -0.293 e. The van der Waals surface area contributed by atoms with Crippen LogP contribution in [0.5, 0.6) is 0 Å². The minimum absolute atomic E-state index is 0.160. The standard InChI is InChI=1S/C10H8FNO/c1-7-6-8(11)2-3-9(7)10(13)4-5-12/h2-3,6H,4H2,1H3. The van der Waals surface area contributed by atoms with Crippen molar-refractivity contribution in [3.8, 4) is 6.07 Å². The summed E-state index contributed by atoms with van der Waals surface area (Å²) in [5, 5.41) is 8.30. The van der Waals surface area contributed by atoms with Gasteiger partial charge in [0.2, 0.25) is 0 Å². The summed E-state index contributed by atoms with van der Waals surface area (Å²) in [6, 6.07) is 5.67. The third-order valence-electron chi connectivity index (χ3n) is 1.73. The highest BCUT2D eigenvalue weighted by Gasteiger charge is 2.08. The minimum atomic E-state index is -0.369. The topological polar surface area (TPSA) is 40.9 Å². The zero-order chi connectivity index (χ0) is 9.84. The highest BCUT2D eigenvalue weighted by Crippen LogP contribution is 2.11. The van der Waals surface area contributed by atoms with Crippen LogP contribution in [0.2, 0.25) is 0 Å². The molecule has 1 aromatic carbocycles. The molecule has 0 aliphatic rings. The van der Waals surface area contributed by atoms with Crippen molar-refractivity contribution in [1.29, 1.82) is 5.26 Å². The summed E-state index contributed by atoms with van der Waals surface area (Å²) in [6.45, 7) is 1.65. The van der Waals surface area contributed by atoms with Gasteiger partial charge < -0.3 is 0 Å². The van der Waals surface area contributed by atoms with Crippen molar-refractivity contribution in [2.24, 2.45) is 0 Å². The van der Waals surface area contributed by atoms with Crippen LogP contribution in [0.25, 0.3) is 0 Å². The van der Waals surface area contributed by atoms with Gasteiger partial charge in [-0.15, -0.1) is 0 Å². The van der Waals surface area contributed by atoms with E-state index in [0.717, 1.165) is 0 Å². The molecule has 0 radical (unpaired) electrons. The molecule has 0 saturated carbocycles. The zero-order valence-corrected chi connectivity index (χ0v) is 7.17. The van der Waals surface area contributed by atoms with Gasteiger partial charge in [0.15, 0.2) is 5.78 Å². The van der Waals surface area contributed by atoms with Crippen molar-refractivity contribution >= 4 is 5.78 Å². The number of aryl methyl sites for hydroxylation is 1. The molecule has 0 N–H and O–H groups in total. The van der Waals surface area contributed by atoms with Crippen LogP contribution in [0.4, 0.5) is 4.39 Å². The molecule has 0 atom stereocenters. The lowest BCUT2D eigenvalue weighted by molar-refractivity contribution is 0.0997. The van der Waals surface area contributed by atoms with E-state index in [2.05, 4.69) is 0 Å². The Morgan fingerprint density at radius 3 is 2.85 bits per heavy atom. The van der Waals surface area contributed by atoms with Gasteiger partial charge in [0.05, 0.1) is 12.5 Å². The molecule has 0 unspecified atom stereocenters. The number of nitrogens with zero attached hydrogens (tertiary/aromatic N) is 1. The Hall–Kier alpha value is -1.69. The molecule has 2 nitrogen and oxygen atoms in total. The second kappa shape index (κ2) is 3.81. The Morgan fingerprint density at radius 1 is 1.62 bits per heavy atom. The molecule has 66 valence electrons. The highest BCUT2D eigenvalue weighted by molar-refractivity contribution is 5.98. The number of nitriles is 1. The van der Waals surface area contributed by atoms with E-state index in [-0.39, 0.29) is 18.0 Å². The first-order chi connectivity index (χ1) is 6.15. The molecule has 0 amide bonds. The summed E-state index contributed by atoms with van der Waals surface area (Å²) in [6.07, 6.45) is -0.160. The van der Waals surface area contributed by atoms with Gasteiger partial charge >= 0.3 is 0 Å². The second-order valence-electron chi connectivity index (χ2n) is 2.72. The SMILES string of the molecule is Cc1cc(F)ccc1C(=O)CC#N. The molecule has 1 rings (SSSR count). The molecule has 1 aromatic rings. The van der Waals surface area contributed by atoms with Crippen LogP contribution in [0.1, 0.15) is 22.3 Å². The lowest BCUT2D eigenvalue weighted by Gasteiger charge is -2.01. The Bertz CT molecular complexity index is 379. The summed E-state index contributed by atoms with van der Waals surface area (Å²) < 4.78 is 12.6. The fourth-order valence-corrected chi connectivity index (χ4v) is 1.11. The largest absolute Gasteiger partial charge is 0.293 e. The molecule has 0 fully saturated rings. The van der Waals surface area contributed by atoms with Crippen molar-refractivity contribution in [2.45, 2.75) is 13.3 Å². The summed E-state index contributed by atoms with van der Waals surface area (Å²) in [7, 11) is 0. The molecule has 0 aliphatic heterocycles. The Morgan fingerprint density at radius 2 is 2.31 bits per heavy atom. The van der Waals surface area contributed by atoms with E-state index in [9.17, 15) is 9.18 Å². The van der Waals surface area contributed by atoms with E-state index in [1.54, 1.807) is 13.0 Å². The summed E-state index contributed by atoms with van der Waals surface area (Å²) in [4.78, 5) is 11.2. The highest BCUT2D eigenvalue weighted by atomic mass is 19.1. The molecule has 0 bridgehead atoms. The number of hydrogen-bond donors (Lipinski definition) is 0. The average Bonchev–Trinajstić information content (AvgIpc) is 2.04. The third-order valence-corrected chi connectivity index (χ3v) is 1.73. The summed E-state index contributed by atoms with van der Waals surface area (Å²) >= 11 is 0. The number of benzene rings is 1. The number of carbonyl (C=O) groups is 1. The second-order valence-corrected chi connectivity index (χ2v) is 2.72. The molecule has 3 heteroatoms. The van der Waals surface area contributed by atoms with Gasteiger partial charge in [-0.3, -0.25) is 4.79 Å². The first-order valence-electron chi connectivity index (χ1n) is 3.81. The number of hydrogen-bond acceptors (Lipinski definition) is 2. The van der Waals surface area contributed by atoms with Crippen molar-refractivity contribution in [2.75, 3.05) is 0 Å². The van der Waals surface area contributed by atoms with Crippen LogP contribution in [0.15, 0.2) is 18.2 Å². The molecule has 0 aromatic heterocycles. The number of ketones is 1. The van der Waals surface area contributed by atoms with E-state index in [0.29, 0.717) is 11.1 Å². The maximum absolute atomic E-state index is 12.6. The van der Waals surface area contributed by atoms with Gasteiger partial charge in [-0.25, -0.2) is 4.39 Å². The summed E-state index contributed by atoms with van der Waals surface area (Å²) in [5.74, 6) is -0.633. The van der Waals surface area contributed by atoms with Crippen LogP contribution in [-0.4, -0.2) is 5.78 Å². The van der Waals surface area contributed by atoms with Crippen LogP contribution in [0.3, 0.4) is 0 Å². The monoisotopic (exact) mass is 177 g/mol. The first-order valence-corrected chi connectivity index (χ1v) is 3.81. The maximum atomic E-state index is 12.6. The predicted molar refractivity (Wildman–Crippen MR) is 45.7 cm³/mol. The van der Waals surface area contributed by atoms with Gasteiger partial charge in [0, 0.05) is 5.56 Å². The molecule has 0 aliphatic carbocycles. The van der Waals surface area contributed by atoms with Crippen molar-refractivity contribution in [3.05, 3.63) is 35.1 Å². The van der Waals surface area contributed by atoms with Crippen LogP contribution in [0, 0.1) is 24.1 Å². The van der Waals surface area contributed by atoms with Crippen molar-refractivity contribution in [3.63, 3.8) is 0 Å². The lowest BCUT2D eigenvalue weighted by atomic mass is 10.0. The molecule has 0 saturated heterocycles. The van der Waals surface area contributed by atoms with Gasteiger partial charge in [-0.05, 0) is 30.7 Å². The van der Waals surface area contributed by atoms with E-state index < -0.39 is 0 Å². The third kappa shape index (κ3) is 2.12. The van der Waals surface area contributed by atoms with E-state index in [4.69, 9.17) is 5.26 Å². The first kappa shape index (κ1) is 9.40. The van der Waals surface area contributed by atoms with Crippen LogP contribution in [-0.2, 0) is 0 Å². The average molecular weight is 177 g/mol. The number of halogens is 1. The van der Waals surface area contributed by atoms with E-state index >= 15 is 0 Å². The van der Waals surface area contributed by atoms with Gasteiger partial charge in [0.25, 0.3) is 0 Å². The van der Waals surface area contributed by atoms with E-state index in [1.807, 2.05) is 0 Å². The van der Waals surface area contributed by atoms with Gasteiger partial charge in [0.1, 0.15) is 5.82 Å². The van der Waals surface area contributed by atoms with Crippen molar-refractivity contribution < 1.29 is 9.18 Å². The summed E-state index contributed by atoms with van der Waals surface area (Å²) in [5.41, 5.74) is 0.989. The maximum Gasteiger partial charge on any atom is 0.177 e. The number of rotatable bonds is 2. The predicted octanol–water partition coefficient (Wildman–Crippen LogP) is 2.23. The normalized spacial score (nSPS) is 9.31. The molecular weight excluding hydrogens is 169 g/mol. The Balaban J connectivity index is 3.03. The quantitative estimate of drug-likeness (QED) is 0.650. The smallest absolute Gasteiger partial charge is 0.177 e. The fraction of sp³-hybridized carbons (Fsp3) is 0.200. The van der Waals surface area contributed by atoms with Gasteiger partial charge in [-0.2, -0.15) is 5.26 Å². The van der Waals surface area contributed by atoms with Crippen molar-refractivity contribution in [1.82, 2.24) is 0 Å². The number of carbonyl (C=O) groups excluding carboxylic acids is 1. The zero-order valence-electron chi connectivity index (χ0n) is 7.17. The molecule has 0 heterocycles. The molecular formula is C10H8FNO. The van der Waals surface area contributed by atoms with Gasteiger partial charge in [-0.1, -0.05) is 0 Å². The molecule has 0 spiro atoms. The van der Waals surface area contributed by atoms with Crippen LogP contribution >= 0.6 is 0 Å². The molecule has 13 heavy (non-hydrogen) atoms. The Labute approximate surface area is 75.6 Å². The Kier molecular flexibility index (Phi) is 2.76. The fourth-order valence-electron chi connectivity index (χ4n) is 1.11.